The van der Waals surface area contributed by atoms with E-state index in [9.17, 15) is 29.7 Å². The van der Waals surface area contributed by atoms with Gasteiger partial charge in [0.05, 0.1) is 5.41 Å². The molecule has 4 saturated carbocycles. The number of aromatic hydroxyl groups is 2. The Hall–Kier alpha value is -4.21. The Labute approximate surface area is 311 Å². The highest BCUT2D eigenvalue weighted by Gasteiger charge is 2.70. The Morgan fingerprint density at radius 2 is 1.21 bits per heavy atom. The van der Waals surface area contributed by atoms with Gasteiger partial charge in [0, 0.05) is 5.92 Å². The zero-order valence-electron chi connectivity index (χ0n) is 31.8. The van der Waals surface area contributed by atoms with E-state index in [0.29, 0.717) is 25.7 Å². The lowest BCUT2D eigenvalue weighted by Gasteiger charge is -2.69. The first-order valence-electron chi connectivity index (χ1n) is 19.2. The Morgan fingerprint density at radius 1 is 0.660 bits per heavy atom. The van der Waals surface area contributed by atoms with Crippen LogP contribution in [0.2, 0.25) is 0 Å². The molecule has 4 fully saturated rings. The minimum atomic E-state index is -1.29. The normalized spacial score (nSPS) is 38.3. The minimum absolute atomic E-state index is 0.0316. The summed E-state index contributed by atoms with van der Waals surface area (Å²) in [4.78, 5) is 40.0. The molecule has 0 radical (unpaired) electrons. The molecule has 0 saturated heterocycles. The standard InChI is InChI=1S/C43H54O10/c1-38(2)23-24-43(35(46)47)22-17-31-39(3)20-16-32-40(4,30(39)15-19-41(31,5)33(43)25-38)21-18-34(52-36(48)50-28-11-7-26(44)8-12-28)42(32,6)53-37(49)51-29-13-9-27(45)10-14-29/h7-14,17,30,32-34,44-45H,15-16,18-25H2,1-6H3,(H,46,47)/t30-,32+,33-,34-,39+,40+,41+,42+,43+/m0/s1. The number of hydrogen-bond donors (Lipinski definition) is 3. The quantitative estimate of drug-likeness (QED) is 0.154. The Balaban J connectivity index is 1.21. The van der Waals surface area contributed by atoms with Gasteiger partial charge in [-0.05, 0) is 153 Å². The van der Waals surface area contributed by atoms with Gasteiger partial charge in [0.2, 0.25) is 0 Å². The molecular formula is C43H54O10. The number of carboxylic acids is 1. The number of phenols is 2. The maximum Gasteiger partial charge on any atom is 0.514 e. The zero-order chi connectivity index (χ0) is 38.2. The van der Waals surface area contributed by atoms with E-state index in [2.05, 4.69) is 40.7 Å². The number of carbonyl (C=O) groups is 3. The molecule has 286 valence electrons. The van der Waals surface area contributed by atoms with Crippen molar-refractivity contribution in [3.8, 4) is 23.0 Å². The van der Waals surface area contributed by atoms with Crippen LogP contribution in [0.1, 0.15) is 106 Å². The van der Waals surface area contributed by atoms with Crippen LogP contribution in [0.25, 0.3) is 0 Å². The van der Waals surface area contributed by atoms with E-state index in [-0.39, 0.29) is 62.4 Å². The van der Waals surface area contributed by atoms with Crippen LogP contribution in [0.4, 0.5) is 9.59 Å². The molecule has 0 unspecified atom stereocenters. The van der Waals surface area contributed by atoms with Crippen molar-refractivity contribution in [2.75, 3.05) is 0 Å². The van der Waals surface area contributed by atoms with Crippen LogP contribution in [0.15, 0.2) is 60.2 Å². The van der Waals surface area contributed by atoms with Gasteiger partial charge >= 0.3 is 18.3 Å². The number of ether oxygens (including phenoxy) is 4. The van der Waals surface area contributed by atoms with Gasteiger partial charge in [-0.15, -0.1) is 0 Å². The van der Waals surface area contributed by atoms with Gasteiger partial charge in [-0.2, -0.15) is 0 Å². The van der Waals surface area contributed by atoms with Crippen molar-refractivity contribution in [2.24, 2.45) is 44.8 Å². The lowest BCUT2D eigenvalue weighted by atomic mass is 9.35. The van der Waals surface area contributed by atoms with Gasteiger partial charge in [-0.3, -0.25) is 4.79 Å². The molecule has 0 heterocycles. The second-order valence-corrected chi connectivity index (χ2v) is 18.4. The molecule has 2 aromatic carbocycles. The van der Waals surface area contributed by atoms with Crippen LogP contribution in [0.3, 0.4) is 0 Å². The summed E-state index contributed by atoms with van der Waals surface area (Å²) in [7, 11) is 0. The smallest absolute Gasteiger partial charge is 0.508 e. The molecule has 10 nitrogen and oxygen atoms in total. The third-order valence-electron chi connectivity index (χ3n) is 14.9. The maximum atomic E-state index is 13.6. The Kier molecular flexibility index (Phi) is 8.89. The SMILES string of the molecule is CC1(C)CC[C@]2(C(=O)O)CC=C3[C@]4(C)CC[C@@H]5[C@](C)(CC[C@H](OC(=O)Oc6ccc(O)cc6)[C@]5(C)OC(=O)Oc5ccc(O)cc5)[C@H]4CC[C@@]3(C)[C@@H]2C1. The molecule has 2 aromatic rings. The molecule has 0 amide bonds. The summed E-state index contributed by atoms with van der Waals surface area (Å²) in [6.07, 6.45) is 7.09. The number of rotatable bonds is 5. The number of carboxylic acid groups (broad SMARTS) is 1. The molecular weight excluding hydrogens is 676 g/mol. The van der Waals surface area contributed by atoms with Crippen molar-refractivity contribution in [1.82, 2.24) is 0 Å². The molecule has 5 aliphatic rings. The largest absolute Gasteiger partial charge is 0.514 e. The molecule has 0 spiro atoms. The number of phenolic OH excluding ortho intramolecular Hbond substituents is 2. The van der Waals surface area contributed by atoms with Gasteiger partial charge in [-0.25, -0.2) is 9.59 Å². The first-order valence-corrected chi connectivity index (χ1v) is 19.2. The van der Waals surface area contributed by atoms with Gasteiger partial charge in [-0.1, -0.05) is 46.3 Å². The second kappa shape index (κ2) is 12.7. The van der Waals surface area contributed by atoms with E-state index in [4.69, 9.17) is 18.9 Å². The lowest BCUT2D eigenvalue weighted by molar-refractivity contribution is -0.225. The fraction of sp³-hybridized carbons (Fsp3) is 0.605. The highest BCUT2D eigenvalue weighted by atomic mass is 16.8. The van der Waals surface area contributed by atoms with E-state index in [1.165, 1.54) is 54.1 Å². The summed E-state index contributed by atoms with van der Waals surface area (Å²) in [5.74, 6) is -0.137. The third kappa shape index (κ3) is 6.04. The molecule has 9 atom stereocenters. The monoisotopic (exact) mass is 730 g/mol. The second-order valence-electron chi connectivity index (χ2n) is 18.4. The Morgan fingerprint density at radius 3 is 1.79 bits per heavy atom. The predicted molar refractivity (Wildman–Crippen MR) is 196 cm³/mol. The fourth-order valence-corrected chi connectivity index (χ4v) is 12.4. The Bertz CT molecular complexity index is 1800. The molecule has 53 heavy (non-hydrogen) atoms. The lowest BCUT2D eigenvalue weighted by Crippen LogP contribution is -2.67. The zero-order valence-corrected chi connectivity index (χ0v) is 31.8. The van der Waals surface area contributed by atoms with Crippen LogP contribution < -0.4 is 9.47 Å². The van der Waals surface area contributed by atoms with Crippen molar-refractivity contribution in [3.63, 3.8) is 0 Å². The number of benzene rings is 2. The van der Waals surface area contributed by atoms with Crippen LogP contribution in [-0.2, 0) is 14.3 Å². The van der Waals surface area contributed by atoms with E-state index in [0.717, 1.165) is 38.5 Å². The van der Waals surface area contributed by atoms with E-state index in [1.807, 2.05) is 6.92 Å². The van der Waals surface area contributed by atoms with Crippen LogP contribution >= 0.6 is 0 Å². The van der Waals surface area contributed by atoms with Crippen molar-refractivity contribution in [3.05, 3.63) is 60.2 Å². The molecule has 10 heteroatoms. The number of fused-ring (bicyclic) bond motifs is 7. The number of carbonyl (C=O) groups excluding carboxylic acids is 2. The summed E-state index contributed by atoms with van der Waals surface area (Å²) >= 11 is 0. The first-order chi connectivity index (χ1) is 24.8. The van der Waals surface area contributed by atoms with Crippen LogP contribution in [0.5, 0.6) is 23.0 Å². The van der Waals surface area contributed by atoms with Crippen molar-refractivity contribution in [1.29, 1.82) is 0 Å². The molecule has 5 aliphatic carbocycles. The van der Waals surface area contributed by atoms with E-state index in [1.54, 1.807) is 0 Å². The highest BCUT2D eigenvalue weighted by Crippen LogP contribution is 2.74. The molecule has 7 rings (SSSR count). The van der Waals surface area contributed by atoms with E-state index < -0.39 is 35.4 Å². The topological polar surface area (TPSA) is 149 Å². The van der Waals surface area contributed by atoms with Gasteiger partial charge in [0.25, 0.3) is 0 Å². The third-order valence-corrected chi connectivity index (χ3v) is 14.9. The number of allylic oxidation sites excluding steroid dienone is 2. The number of hydrogen-bond acceptors (Lipinski definition) is 9. The van der Waals surface area contributed by atoms with Crippen molar-refractivity contribution >= 4 is 18.3 Å². The fourth-order valence-electron chi connectivity index (χ4n) is 12.4. The van der Waals surface area contributed by atoms with Gasteiger partial charge in [0.1, 0.15) is 29.1 Å². The molecule has 3 N–H and O–H groups in total. The molecule has 0 bridgehead atoms. The van der Waals surface area contributed by atoms with Crippen molar-refractivity contribution < 1.29 is 48.7 Å². The average Bonchev–Trinajstić information content (AvgIpc) is 3.08. The minimum Gasteiger partial charge on any atom is -0.508 e. The van der Waals surface area contributed by atoms with E-state index >= 15 is 0 Å². The van der Waals surface area contributed by atoms with Crippen LogP contribution in [-0.4, -0.2) is 45.3 Å². The molecule has 0 aliphatic heterocycles. The summed E-state index contributed by atoms with van der Waals surface area (Å²) in [5.41, 5.74) is -1.30. The van der Waals surface area contributed by atoms with Crippen LogP contribution in [0, 0.1) is 44.8 Å². The summed E-state index contributed by atoms with van der Waals surface area (Å²) in [6.45, 7) is 13.4. The summed E-state index contributed by atoms with van der Waals surface area (Å²) < 4.78 is 23.4. The average molecular weight is 731 g/mol. The number of aliphatic carboxylic acids is 1. The summed E-state index contributed by atoms with van der Waals surface area (Å²) in [5, 5.41) is 30.2. The molecule has 0 aromatic heterocycles. The maximum absolute atomic E-state index is 13.6. The van der Waals surface area contributed by atoms with Gasteiger partial charge in [0.15, 0.2) is 5.60 Å². The predicted octanol–water partition coefficient (Wildman–Crippen LogP) is 9.82. The highest BCUT2D eigenvalue weighted by molar-refractivity contribution is 5.76. The van der Waals surface area contributed by atoms with Gasteiger partial charge < -0.3 is 34.3 Å². The van der Waals surface area contributed by atoms with Crippen molar-refractivity contribution in [2.45, 2.75) is 117 Å². The summed E-state index contributed by atoms with van der Waals surface area (Å²) in [6, 6.07) is 11.5. The first kappa shape index (κ1) is 37.1.